The molecule has 0 bridgehead atoms. The highest BCUT2D eigenvalue weighted by Gasteiger charge is 2.23. The molecular formula is C23H28N2O4. The Labute approximate surface area is 172 Å². The van der Waals surface area contributed by atoms with Crippen LogP contribution in [-0.2, 0) is 11.2 Å². The van der Waals surface area contributed by atoms with Gasteiger partial charge in [0, 0.05) is 31.7 Å². The van der Waals surface area contributed by atoms with E-state index >= 15 is 0 Å². The minimum atomic E-state index is -0.0583. The van der Waals surface area contributed by atoms with Crippen molar-refractivity contribution in [1.82, 2.24) is 9.80 Å². The molecule has 0 N–H and O–H groups in total. The Hall–Kier alpha value is -2.86. The molecule has 2 aromatic carbocycles. The third-order valence-electron chi connectivity index (χ3n) is 5.20. The number of carbonyl (C=O) groups is 2. The van der Waals surface area contributed by atoms with Crippen LogP contribution in [0.1, 0.15) is 22.8 Å². The molecule has 0 aliphatic carbocycles. The molecule has 154 valence electrons. The minimum Gasteiger partial charge on any atom is -0.493 e. The monoisotopic (exact) mass is 396 g/mol. The highest BCUT2D eigenvalue weighted by molar-refractivity contribution is 5.97. The molecule has 1 aliphatic rings. The second-order valence-corrected chi connectivity index (χ2v) is 7.07. The average Bonchev–Trinajstić information content (AvgIpc) is 2.78. The minimum absolute atomic E-state index is 0.0247. The fourth-order valence-corrected chi connectivity index (χ4v) is 3.34. The Morgan fingerprint density at radius 2 is 1.59 bits per heavy atom. The molecule has 0 radical (unpaired) electrons. The summed E-state index contributed by atoms with van der Waals surface area (Å²) >= 11 is 0. The van der Waals surface area contributed by atoms with E-state index in [1.54, 1.807) is 24.1 Å². The first-order chi connectivity index (χ1) is 14.1. The van der Waals surface area contributed by atoms with Crippen LogP contribution in [0.2, 0.25) is 0 Å². The molecule has 2 aromatic rings. The summed E-state index contributed by atoms with van der Waals surface area (Å²) in [4.78, 5) is 28.8. The molecule has 0 saturated carbocycles. The number of benzene rings is 2. The third-order valence-corrected chi connectivity index (χ3v) is 5.20. The molecule has 1 amide bonds. The number of carbonyl (C=O) groups excluding carboxylic acids is 2. The number of para-hydroxylation sites is 2. The predicted molar refractivity (Wildman–Crippen MR) is 112 cm³/mol. The van der Waals surface area contributed by atoms with Gasteiger partial charge in [-0.25, -0.2) is 0 Å². The summed E-state index contributed by atoms with van der Waals surface area (Å²) in [5, 5.41) is 0. The van der Waals surface area contributed by atoms with Crippen LogP contribution in [-0.4, -0.2) is 67.9 Å². The first-order valence-electron chi connectivity index (χ1n) is 9.98. The van der Waals surface area contributed by atoms with Crippen LogP contribution >= 0.6 is 0 Å². The maximum absolute atomic E-state index is 12.5. The third kappa shape index (κ3) is 5.57. The quantitative estimate of drug-likeness (QED) is 0.642. The zero-order chi connectivity index (χ0) is 20.6. The van der Waals surface area contributed by atoms with Crippen molar-refractivity contribution in [1.29, 1.82) is 0 Å². The molecule has 3 rings (SSSR count). The van der Waals surface area contributed by atoms with Gasteiger partial charge in [-0.15, -0.1) is 0 Å². The zero-order valence-corrected chi connectivity index (χ0v) is 17.1. The molecule has 0 aromatic heterocycles. The summed E-state index contributed by atoms with van der Waals surface area (Å²) in [7, 11) is 1.57. The van der Waals surface area contributed by atoms with Crippen LogP contribution in [0.3, 0.4) is 0 Å². The van der Waals surface area contributed by atoms with Crippen LogP contribution in [0.5, 0.6) is 11.5 Å². The van der Waals surface area contributed by atoms with E-state index in [0.29, 0.717) is 44.2 Å². The Morgan fingerprint density at radius 3 is 2.21 bits per heavy atom. The molecule has 1 saturated heterocycles. The predicted octanol–water partition coefficient (Wildman–Crippen LogP) is 2.66. The van der Waals surface area contributed by atoms with Crippen LogP contribution in [0, 0.1) is 0 Å². The van der Waals surface area contributed by atoms with E-state index in [1.807, 2.05) is 36.4 Å². The average molecular weight is 396 g/mol. The van der Waals surface area contributed by atoms with Gasteiger partial charge < -0.3 is 14.4 Å². The van der Waals surface area contributed by atoms with Gasteiger partial charge in [0.1, 0.15) is 0 Å². The van der Waals surface area contributed by atoms with Gasteiger partial charge in [-0.1, -0.05) is 43.3 Å². The number of hydrogen-bond acceptors (Lipinski definition) is 5. The maximum Gasteiger partial charge on any atom is 0.260 e. The number of aryl methyl sites for hydroxylation is 1. The number of amides is 1. The van der Waals surface area contributed by atoms with Crippen LogP contribution in [0.25, 0.3) is 0 Å². The normalized spacial score (nSPS) is 14.5. The molecule has 29 heavy (non-hydrogen) atoms. The van der Waals surface area contributed by atoms with Gasteiger partial charge >= 0.3 is 0 Å². The van der Waals surface area contributed by atoms with Crippen molar-refractivity contribution in [3.63, 3.8) is 0 Å². The van der Waals surface area contributed by atoms with Gasteiger partial charge in [0.05, 0.1) is 13.7 Å². The van der Waals surface area contributed by atoms with E-state index in [0.717, 1.165) is 12.0 Å². The van der Waals surface area contributed by atoms with E-state index in [2.05, 4.69) is 11.8 Å². The maximum atomic E-state index is 12.5. The second kappa shape index (κ2) is 10.1. The van der Waals surface area contributed by atoms with E-state index in [4.69, 9.17) is 9.47 Å². The van der Waals surface area contributed by atoms with Crippen LogP contribution in [0.4, 0.5) is 0 Å². The van der Waals surface area contributed by atoms with Gasteiger partial charge in [-0.2, -0.15) is 0 Å². The number of ether oxygens (including phenoxy) is 2. The lowest BCUT2D eigenvalue weighted by Gasteiger charge is -2.34. The Morgan fingerprint density at radius 1 is 0.931 bits per heavy atom. The van der Waals surface area contributed by atoms with Crippen molar-refractivity contribution >= 4 is 11.7 Å². The second-order valence-electron chi connectivity index (χ2n) is 7.07. The summed E-state index contributed by atoms with van der Waals surface area (Å²) in [6, 6.07) is 15.1. The largest absolute Gasteiger partial charge is 0.493 e. The number of methoxy groups -OCH3 is 1. The first kappa shape index (κ1) is 20.9. The first-order valence-corrected chi connectivity index (χ1v) is 9.98. The Kier molecular flexibility index (Phi) is 7.25. The van der Waals surface area contributed by atoms with Gasteiger partial charge in [0.15, 0.2) is 23.9 Å². The topological polar surface area (TPSA) is 59.1 Å². The number of nitrogens with zero attached hydrogens (tertiary/aromatic N) is 2. The molecule has 1 fully saturated rings. The smallest absolute Gasteiger partial charge is 0.260 e. The number of rotatable bonds is 8. The molecule has 0 atom stereocenters. The number of ketones is 1. The molecule has 0 spiro atoms. The molecule has 1 heterocycles. The zero-order valence-electron chi connectivity index (χ0n) is 17.1. The Bertz CT molecular complexity index is 827. The number of piperazine rings is 1. The number of hydrogen-bond donors (Lipinski definition) is 0. The van der Waals surface area contributed by atoms with Crippen LogP contribution < -0.4 is 9.47 Å². The molecule has 6 nitrogen and oxygen atoms in total. The summed E-state index contributed by atoms with van der Waals surface area (Å²) in [6.45, 7) is 5.00. The Balaban J connectivity index is 1.44. The van der Waals surface area contributed by atoms with Crippen molar-refractivity contribution in [3.8, 4) is 11.5 Å². The lowest BCUT2D eigenvalue weighted by Crippen LogP contribution is -2.51. The van der Waals surface area contributed by atoms with Gasteiger partial charge in [0.25, 0.3) is 5.91 Å². The lowest BCUT2D eigenvalue weighted by molar-refractivity contribution is -0.135. The van der Waals surface area contributed by atoms with Gasteiger partial charge in [-0.05, 0) is 24.1 Å². The van der Waals surface area contributed by atoms with Crippen molar-refractivity contribution in [2.24, 2.45) is 0 Å². The van der Waals surface area contributed by atoms with Crippen molar-refractivity contribution < 1.29 is 19.1 Å². The van der Waals surface area contributed by atoms with Gasteiger partial charge in [0.2, 0.25) is 0 Å². The van der Waals surface area contributed by atoms with Gasteiger partial charge in [-0.3, -0.25) is 14.5 Å². The fourth-order valence-electron chi connectivity index (χ4n) is 3.34. The number of Topliss-reactive ketones (excluding diaryl/α,β-unsaturated/α-hetero) is 1. The lowest BCUT2D eigenvalue weighted by atomic mass is 10.1. The SMILES string of the molecule is CCc1ccc(C(=O)CN2CCN(C(=O)COc3ccccc3OC)CC2)cc1. The molecular weight excluding hydrogens is 368 g/mol. The molecule has 1 aliphatic heterocycles. The van der Waals surface area contributed by atoms with E-state index in [1.165, 1.54) is 5.56 Å². The van der Waals surface area contributed by atoms with E-state index in [-0.39, 0.29) is 18.3 Å². The van der Waals surface area contributed by atoms with Crippen molar-refractivity contribution in [2.45, 2.75) is 13.3 Å². The van der Waals surface area contributed by atoms with E-state index in [9.17, 15) is 9.59 Å². The standard InChI is InChI=1S/C23H28N2O4/c1-3-18-8-10-19(11-9-18)20(26)16-24-12-14-25(15-13-24)23(27)17-29-22-7-5-4-6-21(22)28-2/h4-11H,3,12-17H2,1-2H3. The summed E-state index contributed by atoms with van der Waals surface area (Å²) < 4.78 is 10.9. The summed E-state index contributed by atoms with van der Waals surface area (Å²) in [5.41, 5.74) is 1.97. The highest BCUT2D eigenvalue weighted by atomic mass is 16.5. The van der Waals surface area contributed by atoms with Crippen molar-refractivity contribution in [2.75, 3.05) is 46.4 Å². The molecule has 0 unspecified atom stereocenters. The van der Waals surface area contributed by atoms with Crippen molar-refractivity contribution in [3.05, 3.63) is 59.7 Å². The van der Waals surface area contributed by atoms with E-state index < -0.39 is 0 Å². The summed E-state index contributed by atoms with van der Waals surface area (Å²) in [5.74, 6) is 1.22. The fraction of sp³-hybridized carbons (Fsp3) is 0.391. The van der Waals surface area contributed by atoms with Crippen LogP contribution in [0.15, 0.2) is 48.5 Å². The molecule has 6 heteroatoms. The highest BCUT2D eigenvalue weighted by Crippen LogP contribution is 2.25. The summed E-state index contributed by atoms with van der Waals surface area (Å²) in [6.07, 6.45) is 0.964.